The van der Waals surface area contributed by atoms with Crippen LogP contribution >= 0.6 is 12.6 Å². The Morgan fingerprint density at radius 2 is 1.89 bits per heavy atom. The molecule has 28 heavy (non-hydrogen) atoms. The SMILES string of the molecule is CC1(C)O[C@@H]2[C@H](O1)[C@@H](CS)O[C@H]2n1cc(C(O)c2ccccc2)c(=O)[nH]c1=O. The number of hydrogen-bond donors (Lipinski definition) is 3. The molecule has 1 aromatic heterocycles. The normalized spacial score (nSPS) is 29.6. The van der Waals surface area contributed by atoms with Gasteiger partial charge in [0, 0.05) is 11.9 Å². The topological polar surface area (TPSA) is 103 Å². The fraction of sp³-hybridized carbons (Fsp3) is 0.474. The number of aromatic amines is 1. The van der Waals surface area contributed by atoms with Gasteiger partial charge in [0.1, 0.15) is 18.3 Å². The Morgan fingerprint density at radius 3 is 2.57 bits per heavy atom. The van der Waals surface area contributed by atoms with Gasteiger partial charge in [-0.05, 0) is 19.4 Å². The fourth-order valence-corrected chi connectivity index (χ4v) is 4.02. The highest BCUT2D eigenvalue weighted by Gasteiger charge is 2.55. The van der Waals surface area contributed by atoms with Gasteiger partial charge in [-0.15, -0.1) is 0 Å². The predicted molar refractivity (Wildman–Crippen MR) is 103 cm³/mol. The molecule has 1 aromatic carbocycles. The lowest BCUT2D eigenvalue weighted by molar-refractivity contribution is -0.194. The summed E-state index contributed by atoms with van der Waals surface area (Å²) in [4.78, 5) is 27.1. The first-order valence-corrected chi connectivity index (χ1v) is 9.64. The van der Waals surface area contributed by atoms with Crippen molar-refractivity contribution in [2.45, 2.75) is 50.3 Å². The Hall–Kier alpha value is -1.91. The number of aliphatic hydroxyl groups excluding tert-OH is 1. The Kier molecular flexibility index (Phi) is 4.96. The van der Waals surface area contributed by atoms with E-state index in [1.54, 1.807) is 38.1 Å². The third-order valence-corrected chi connectivity index (χ3v) is 5.34. The van der Waals surface area contributed by atoms with Crippen molar-refractivity contribution in [1.82, 2.24) is 9.55 Å². The summed E-state index contributed by atoms with van der Waals surface area (Å²) < 4.78 is 19.0. The molecular formula is C19H22N2O6S. The minimum absolute atomic E-state index is 0.0402. The van der Waals surface area contributed by atoms with E-state index in [4.69, 9.17) is 14.2 Å². The van der Waals surface area contributed by atoms with Crippen molar-refractivity contribution in [3.63, 3.8) is 0 Å². The van der Waals surface area contributed by atoms with Crippen molar-refractivity contribution < 1.29 is 19.3 Å². The lowest BCUT2D eigenvalue weighted by Crippen LogP contribution is -2.39. The molecule has 8 nitrogen and oxygen atoms in total. The standard InChI is InChI=1S/C19H22N2O6S/c1-19(2)26-14-12(9-28)25-17(15(14)27-19)21-8-11(16(23)20-18(21)24)13(22)10-6-4-3-5-7-10/h3-8,12-15,17,22,28H,9H2,1-2H3,(H,20,23,24)/t12-,13?,14-,15-,17-/m1/s1. The molecule has 0 spiro atoms. The van der Waals surface area contributed by atoms with Gasteiger partial charge >= 0.3 is 5.69 Å². The molecule has 1 unspecified atom stereocenters. The van der Waals surface area contributed by atoms with Crippen LogP contribution in [0.15, 0.2) is 46.1 Å². The summed E-state index contributed by atoms with van der Waals surface area (Å²) in [5.41, 5.74) is -0.718. The van der Waals surface area contributed by atoms with E-state index in [9.17, 15) is 14.7 Å². The van der Waals surface area contributed by atoms with Gasteiger partial charge < -0.3 is 19.3 Å². The van der Waals surface area contributed by atoms with Crippen LogP contribution in [-0.4, -0.2) is 44.5 Å². The van der Waals surface area contributed by atoms with E-state index in [1.165, 1.54) is 10.8 Å². The van der Waals surface area contributed by atoms with Crippen molar-refractivity contribution in [2.24, 2.45) is 0 Å². The molecule has 0 aliphatic carbocycles. The zero-order valence-corrected chi connectivity index (χ0v) is 16.3. The first-order valence-electron chi connectivity index (χ1n) is 9.01. The van der Waals surface area contributed by atoms with E-state index >= 15 is 0 Å². The molecule has 0 radical (unpaired) electrons. The number of hydrogen-bond acceptors (Lipinski definition) is 7. The van der Waals surface area contributed by atoms with E-state index in [2.05, 4.69) is 17.6 Å². The van der Waals surface area contributed by atoms with E-state index < -0.39 is 35.5 Å². The molecule has 3 heterocycles. The fourth-order valence-electron chi connectivity index (χ4n) is 3.73. The zero-order valence-electron chi connectivity index (χ0n) is 15.4. The zero-order chi connectivity index (χ0) is 20.1. The van der Waals surface area contributed by atoms with Crippen LogP contribution in [0.2, 0.25) is 0 Å². The van der Waals surface area contributed by atoms with Gasteiger partial charge in [-0.25, -0.2) is 4.79 Å². The van der Waals surface area contributed by atoms with Crippen LogP contribution < -0.4 is 11.2 Å². The number of benzene rings is 1. The van der Waals surface area contributed by atoms with Crippen LogP contribution in [0.4, 0.5) is 0 Å². The molecule has 2 aliphatic rings. The third kappa shape index (κ3) is 3.33. The Bertz CT molecular complexity index is 972. The molecule has 5 atom stereocenters. The number of thiol groups is 1. The highest BCUT2D eigenvalue weighted by molar-refractivity contribution is 7.80. The van der Waals surface area contributed by atoms with Crippen LogP contribution in [0.1, 0.15) is 37.3 Å². The smallest absolute Gasteiger partial charge is 0.330 e. The van der Waals surface area contributed by atoms with Crippen molar-refractivity contribution >= 4 is 12.6 Å². The predicted octanol–water partition coefficient (Wildman–Crippen LogP) is 0.966. The van der Waals surface area contributed by atoms with Crippen molar-refractivity contribution in [1.29, 1.82) is 0 Å². The van der Waals surface area contributed by atoms with Crippen molar-refractivity contribution in [3.8, 4) is 0 Å². The maximum absolute atomic E-state index is 12.5. The van der Waals surface area contributed by atoms with E-state index in [0.29, 0.717) is 11.3 Å². The van der Waals surface area contributed by atoms with Crippen LogP contribution in [0.25, 0.3) is 0 Å². The highest BCUT2D eigenvalue weighted by Crippen LogP contribution is 2.42. The number of ether oxygens (including phenoxy) is 3. The molecule has 0 bridgehead atoms. The number of nitrogens with zero attached hydrogens (tertiary/aromatic N) is 1. The Morgan fingerprint density at radius 1 is 1.21 bits per heavy atom. The van der Waals surface area contributed by atoms with E-state index in [-0.39, 0.29) is 17.8 Å². The molecule has 150 valence electrons. The van der Waals surface area contributed by atoms with Crippen LogP contribution in [-0.2, 0) is 14.2 Å². The molecule has 2 fully saturated rings. The summed E-state index contributed by atoms with van der Waals surface area (Å²) in [6.07, 6.45) is -1.98. The summed E-state index contributed by atoms with van der Waals surface area (Å²) in [5, 5.41) is 10.7. The minimum Gasteiger partial charge on any atom is -0.383 e. The molecular weight excluding hydrogens is 384 g/mol. The van der Waals surface area contributed by atoms with Gasteiger partial charge in [-0.2, -0.15) is 12.6 Å². The average molecular weight is 406 g/mol. The summed E-state index contributed by atoms with van der Waals surface area (Å²) in [6.45, 7) is 3.58. The first kappa shape index (κ1) is 19.4. The molecule has 2 aliphatic heterocycles. The molecule has 0 amide bonds. The quantitative estimate of drug-likeness (QED) is 0.654. The summed E-state index contributed by atoms with van der Waals surface area (Å²) >= 11 is 4.30. The minimum atomic E-state index is -1.19. The van der Waals surface area contributed by atoms with Gasteiger partial charge in [-0.3, -0.25) is 14.3 Å². The lowest BCUT2D eigenvalue weighted by Gasteiger charge is -2.25. The van der Waals surface area contributed by atoms with Crippen molar-refractivity contribution in [2.75, 3.05) is 5.75 Å². The van der Waals surface area contributed by atoms with E-state index in [0.717, 1.165) is 0 Å². The Labute approximate surface area is 166 Å². The summed E-state index contributed by atoms with van der Waals surface area (Å²) in [6, 6.07) is 8.74. The van der Waals surface area contributed by atoms with Crippen LogP contribution in [0.5, 0.6) is 0 Å². The molecule has 9 heteroatoms. The second-order valence-corrected chi connectivity index (χ2v) is 7.74. The summed E-state index contributed by atoms with van der Waals surface area (Å²) in [5.74, 6) is -0.439. The van der Waals surface area contributed by atoms with Gasteiger partial charge in [0.15, 0.2) is 12.0 Å². The first-order chi connectivity index (χ1) is 13.3. The number of aromatic nitrogens is 2. The monoisotopic (exact) mass is 406 g/mol. The van der Waals surface area contributed by atoms with E-state index in [1.807, 2.05) is 6.07 Å². The molecule has 4 rings (SSSR count). The van der Waals surface area contributed by atoms with Crippen molar-refractivity contribution in [3.05, 3.63) is 68.5 Å². The number of H-pyrrole nitrogens is 1. The second kappa shape index (κ2) is 7.16. The van der Waals surface area contributed by atoms with Crippen LogP contribution in [0.3, 0.4) is 0 Å². The highest BCUT2D eigenvalue weighted by atomic mass is 32.1. The van der Waals surface area contributed by atoms with Crippen LogP contribution in [0, 0.1) is 0 Å². The molecule has 2 aromatic rings. The molecule has 0 saturated carbocycles. The Balaban J connectivity index is 1.74. The number of nitrogens with one attached hydrogen (secondary N) is 1. The number of fused-ring (bicyclic) bond motifs is 1. The van der Waals surface area contributed by atoms with Gasteiger partial charge in [0.05, 0.1) is 11.7 Å². The second-order valence-electron chi connectivity index (χ2n) is 7.38. The average Bonchev–Trinajstić information content (AvgIpc) is 3.15. The lowest BCUT2D eigenvalue weighted by atomic mass is 10.0. The maximum Gasteiger partial charge on any atom is 0.330 e. The third-order valence-electron chi connectivity index (χ3n) is 4.98. The molecule has 2 saturated heterocycles. The molecule has 2 N–H and O–H groups in total. The number of rotatable bonds is 4. The number of aliphatic hydroxyl groups is 1. The van der Waals surface area contributed by atoms with Gasteiger partial charge in [0.2, 0.25) is 0 Å². The van der Waals surface area contributed by atoms with Gasteiger partial charge in [-0.1, -0.05) is 30.3 Å². The largest absolute Gasteiger partial charge is 0.383 e. The van der Waals surface area contributed by atoms with Gasteiger partial charge in [0.25, 0.3) is 5.56 Å². The maximum atomic E-state index is 12.5. The summed E-state index contributed by atoms with van der Waals surface area (Å²) in [7, 11) is 0.